The second kappa shape index (κ2) is 4.93. The monoisotopic (exact) mass is 279 g/mol. The molecule has 2 heterocycles. The molecular formula is C9H14ClN3O3S. The van der Waals surface area contributed by atoms with Crippen molar-refractivity contribution in [2.75, 3.05) is 19.0 Å². The van der Waals surface area contributed by atoms with Gasteiger partial charge in [-0.3, -0.25) is 0 Å². The minimum Gasteiger partial charge on any atom is -0.374 e. The molecule has 17 heavy (non-hydrogen) atoms. The van der Waals surface area contributed by atoms with Gasteiger partial charge < -0.3 is 9.72 Å². The number of aromatic amines is 1. The van der Waals surface area contributed by atoms with E-state index in [1.807, 2.05) is 0 Å². The van der Waals surface area contributed by atoms with E-state index in [4.69, 9.17) is 16.3 Å². The van der Waals surface area contributed by atoms with Crippen molar-refractivity contribution < 1.29 is 13.2 Å². The van der Waals surface area contributed by atoms with E-state index in [0.29, 0.717) is 6.61 Å². The highest BCUT2D eigenvalue weighted by atomic mass is 35.5. The average molecular weight is 280 g/mol. The van der Waals surface area contributed by atoms with Gasteiger partial charge >= 0.3 is 0 Å². The van der Waals surface area contributed by atoms with Crippen molar-refractivity contribution in [3.05, 3.63) is 12.5 Å². The number of halogens is 1. The van der Waals surface area contributed by atoms with Crippen LogP contribution in [-0.2, 0) is 14.8 Å². The van der Waals surface area contributed by atoms with Crippen molar-refractivity contribution in [3.63, 3.8) is 0 Å². The van der Waals surface area contributed by atoms with Gasteiger partial charge in [0.1, 0.15) is 0 Å². The summed E-state index contributed by atoms with van der Waals surface area (Å²) < 4.78 is 31.4. The Morgan fingerprint density at radius 1 is 1.71 bits per heavy atom. The number of aromatic nitrogens is 2. The predicted molar refractivity (Wildman–Crippen MR) is 62.4 cm³/mol. The standard InChI is InChI=1S/C9H14ClN3O3S/c1-7-5-16-8(2-10)4-13(7)17(14,15)9-3-11-6-12-9/h3,6-8H,2,4-5H2,1H3,(H,11,12). The Morgan fingerprint density at radius 3 is 3.06 bits per heavy atom. The van der Waals surface area contributed by atoms with Gasteiger partial charge in [0.2, 0.25) is 0 Å². The van der Waals surface area contributed by atoms with Gasteiger partial charge in [-0.05, 0) is 6.92 Å². The topological polar surface area (TPSA) is 75.3 Å². The van der Waals surface area contributed by atoms with E-state index in [-0.39, 0.29) is 29.6 Å². The third kappa shape index (κ3) is 2.47. The lowest BCUT2D eigenvalue weighted by Gasteiger charge is -2.35. The SMILES string of the molecule is CC1COC(CCl)CN1S(=O)(=O)c1cnc[nH]1. The van der Waals surface area contributed by atoms with Gasteiger partial charge in [0.25, 0.3) is 10.0 Å². The van der Waals surface area contributed by atoms with E-state index in [2.05, 4.69) is 9.97 Å². The summed E-state index contributed by atoms with van der Waals surface area (Å²) >= 11 is 5.70. The van der Waals surface area contributed by atoms with Gasteiger partial charge in [-0.1, -0.05) is 0 Å². The second-order valence-corrected chi connectivity index (χ2v) is 6.12. The Morgan fingerprint density at radius 2 is 2.47 bits per heavy atom. The number of hydrogen-bond donors (Lipinski definition) is 1. The summed E-state index contributed by atoms with van der Waals surface area (Å²) in [5.41, 5.74) is 0. The Labute approximate surface area is 105 Å². The van der Waals surface area contributed by atoms with E-state index < -0.39 is 10.0 Å². The molecule has 2 rings (SSSR count). The summed E-state index contributed by atoms with van der Waals surface area (Å²) in [6, 6.07) is -0.206. The minimum atomic E-state index is -3.53. The van der Waals surface area contributed by atoms with Gasteiger partial charge in [-0.2, -0.15) is 4.31 Å². The number of ether oxygens (including phenoxy) is 1. The molecule has 1 fully saturated rings. The number of rotatable bonds is 3. The lowest BCUT2D eigenvalue weighted by atomic mass is 10.2. The molecule has 1 saturated heterocycles. The fraction of sp³-hybridized carbons (Fsp3) is 0.667. The van der Waals surface area contributed by atoms with Crippen LogP contribution in [0.3, 0.4) is 0 Å². The number of H-pyrrole nitrogens is 1. The summed E-state index contributed by atoms with van der Waals surface area (Å²) in [5.74, 6) is 0.279. The van der Waals surface area contributed by atoms with E-state index in [1.54, 1.807) is 6.92 Å². The highest BCUT2D eigenvalue weighted by Gasteiger charge is 2.35. The van der Waals surface area contributed by atoms with Crippen LogP contribution in [0.25, 0.3) is 0 Å². The molecule has 6 nitrogen and oxygen atoms in total. The molecule has 1 aliphatic heterocycles. The molecule has 1 aromatic rings. The number of morpholine rings is 1. The first-order chi connectivity index (χ1) is 8.05. The third-order valence-corrected chi connectivity index (χ3v) is 4.93. The molecule has 0 amide bonds. The zero-order valence-electron chi connectivity index (χ0n) is 9.34. The zero-order valence-corrected chi connectivity index (χ0v) is 10.9. The van der Waals surface area contributed by atoms with Crippen molar-refractivity contribution in [3.8, 4) is 0 Å². The Balaban J connectivity index is 2.26. The molecule has 0 bridgehead atoms. The second-order valence-electron chi connectivity index (χ2n) is 3.95. The molecule has 0 saturated carbocycles. The summed E-state index contributed by atoms with van der Waals surface area (Å²) in [7, 11) is -3.53. The molecule has 0 spiro atoms. The van der Waals surface area contributed by atoms with Crippen molar-refractivity contribution in [1.82, 2.24) is 14.3 Å². The molecule has 1 aromatic heterocycles. The van der Waals surface area contributed by atoms with Crippen LogP contribution in [0.4, 0.5) is 0 Å². The molecule has 0 aliphatic carbocycles. The average Bonchev–Trinajstić information content (AvgIpc) is 2.83. The number of alkyl halides is 1. The molecule has 96 valence electrons. The number of nitrogens with one attached hydrogen (secondary N) is 1. The quantitative estimate of drug-likeness (QED) is 0.814. The van der Waals surface area contributed by atoms with E-state index >= 15 is 0 Å². The number of sulfonamides is 1. The van der Waals surface area contributed by atoms with Crippen molar-refractivity contribution in [2.24, 2.45) is 0 Å². The summed E-state index contributed by atoms with van der Waals surface area (Å²) in [5, 5.41) is 0.0968. The van der Waals surface area contributed by atoms with E-state index in [0.717, 1.165) is 0 Å². The highest BCUT2D eigenvalue weighted by molar-refractivity contribution is 7.89. The molecule has 0 radical (unpaired) electrons. The van der Waals surface area contributed by atoms with Crippen molar-refractivity contribution in [1.29, 1.82) is 0 Å². The lowest BCUT2D eigenvalue weighted by Crippen LogP contribution is -2.51. The normalized spacial score (nSPS) is 27.2. The maximum absolute atomic E-state index is 12.3. The fourth-order valence-corrected chi connectivity index (χ4v) is 3.46. The zero-order chi connectivity index (χ0) is 12.5. The molecule has 2 atom stereocenters. The molecule has 1 N–H and O–H groups in total. The van der Waals surface area contributed by atoms with Gasteiger partial charge in [-0.25, -0.2) is 13.4 Å². The maximum atomic E-state index is 12.3. The summed E-state index contributed by atoms with van der Waals surface area (Å²) in [6.45, 7) is 2.43. The van der Waals surface area contributed by atoms with Gasteiger partial charge in [0.15, 0.2) is 5.03 Å². The van der Waals surface area contributed by atoms with Crippen molar-refractivity contribution in [2.45, 2.75) is 24.1 Å². The van der Waals surface area contributed by atoms with Crippen molar-refractivity contribution >= 4 is 21.6 Å². The summed E-state index contributed by atoms with van der Waals surface area (Å²) in [4.78, 5) is 6.34. The largest absolute Gasteiger partial charge is 0.374 e. The van der Waals surface area contributed by atoms with E-state index in [1.165, 1.54) is 16.8 Å². The number of imidazole rings is 1. The Hall–Kier alpha value is -0.630. The fourth-order valence-electron chi connectivity index (χ4n) is 1.73. The van der Waals surface area contributed by atoms with Gasteiger partial charge in [0, 0.05) is 18.5 Å². The first-order valence-corrected chi connectivity index (χ1v) is 7.21. The maximum Gasteiger partial charge on any atom is 0.260 e. The van der Waals surface area contributed by atoms with Crippen LogP contribution in [-0.4, -0.2) is 53.9 Å². The minimum absolute atomic E-state index is 0.0968. The van der Waals surface area contributed by atoms with Gasteiger partial charge in [-0.15, -0.1) is 11.6 Å². The molecule has 0 aromatic carbocycles. The number of hydrogen-bond acceptors (Lipinski definition) is 4. The third-order valence-electron chi connectivity index (χ3n) is 2.68. The van der Waals surface area contributed by atoms with Crippen LogP contribution < -0.4 is 0 Å². The number of nitrogens with zero attached hydrogens (tertiary/aromatic N) is 2. The highest BCUT2D eigenvalue weighted by Crippen LogP contribution is 2.21. The first-order valence-electron chi connectivity index (χ1n) is 5.23. The van der Waals surface area contributed by atoms with Crippen LogP contribution in [0.1, 0.15) is 6.92 Å². The summed E-state index contributed by atoms with van der Waals surface area (Å²) in [6.07, 6.45) is 2.38. The first kappa shape index (κ1) is 12.8. The Kier molecular flexibility index (Phi) is 3.72. The molecule has 1 aliphatic rings. The lowest BCUT2D eigenvalue weighted by molar-refractivity contribution is -0.0152. The van der Waals surface area contributed by atoms with Crippen LogP contribution in [0.5, 0.6) is 0 Å². The smallest absolute Gasteiger partial charge is 0.260 e. The molecule has 8 heteroatoms. The van der Waals surface area contributed by atoms with Crippen LogP contribution >= 0.6 is 11.6 Å². The predicted octanol–water partition coefficient (Wildman–Crippen LogP) is 0.426. The molecular weight excluding hydrogens is 266 g/mol. The van der Waals surface area contributed by atoms with E-state index in [9.17, 15) is 8.42 Å². The van der Waals surface area contributed by atoms with Crippen LogP contribution in [0.15, 0.2) is 17.6 Å². The van der Waals surface area contributed by atoms with Gasteiger partial charge in [0.05, 0.1) is 25.2 Å². The molecule has 2 unspecified atom stereocenters. The van der Waals surface area contributed by atoms with Crippen LogP contribution in [0, 0.1) is 0 Å². The Bertz CT molecular complexity index is 462. The van der Waals surface area contributed by atoms with Crippen LogP contribution in [0.2, 0.25) is 0 Å².